The molecule has 3 rings (SSSR count). The molecule has 2 heterocycles. The predicted molar refractivity (Wildman–Crippen MR) is 95.1 cm³/mol. The number of thiazole rings is 1. The maximum absolute atomic E-state index is 12.2. The van der Waals surface area contributed by atoms with Gasteiger partial charge in [0, 0.05) is 17.9 Å². The van der Waals surface area contributed by atoms with Crippen LogP contribution in [0.3, 0.4) is 0 Å². The molecular formula is C18H23N3O2S. The van der Waals surface area contributed by atoms with Crippen LogP contribution in [-0.2, 0) is 11.3 Å². The Kier molecular flexibility index (Phi) is 5.48. The first-order valence-corrected chi connectivity index (χ1v) is 9.16. The van der Waals surface area contributed by atoms with Crippen LogP contribution >= 0.6 is 11.3 Å². The minimum Gasteiger partial charge on any atom is -0.371 e. The Labute approximate surface area is 146 Å². The number of rotatable bonds is 5. The van der Waals surface area contributed by atoms with Crippen molar-refractivity contribution in [3.05, 3.63) is 52.0 Å². The maximum atomic E-state index is 12.2. The van der Waals surface area contributed by atoms with Gasteiger partial charge in [-0.3, -0.25) is 0 Å². The van der Waals surface area contributed by atoms with E-state index in [0.717, 1.165) is 22.7 Å². The molecule has 0 saturated carbocycles. The van der Waals surface area contributed by atoms with Crippen LogP contribution in [0.15, 0.2) is 35.7 Å². The number of nitrogens with one attached hydrogen (secondary N) is 2. The van der Waals surface area contributed by atoms with Crippen LogP contribution in [0.1, 0.15) is 48.6 Å². The largest absolute Gasteiger partial charge is 0.371 e. The number of aromatic nitrogens is 1. The average molecular weight is 345 g/mol. The molecule has 6 heteroatoms. The van der Waals surface area contributed by atoms with Gasteiger partial charge in [0.05, 0.1) is 23.3 Å². The quantitative estimate of drug-likeness (QED) is 0.870. The van der Waals surface area contributed by atoms with Gasteiger partial charge in [-0.05, 0) is 12.0 Å². The molecule has 1 aliphatic heterocycles. The van der Waals surface area contributed by atoms with Gasteiger partial charge in [-0.1, -0.05) is 44.2 Å². The summed E-state index contributed by atoms with van der Waals surface area (Å²) in [7, 11) is 0. The molecule has 0 radical (unpaired) electrons. The molecule has 2 amide bonds. The molecule has 128 valence electrons. The number of hydrogen-bond acceptors (Lipinski definition) is 4. The van der Waals surface area contributed by atoms with E-state index in [1.807, 2.05) is 35.7 Å². The number of nitrogens with zero attached hydrogens (tertiary/aromatic N) is 1. The highest BCUT2D eigenvalue weighted by molar-refractivity contribution is 7.09. The van der Waals surface area contributed by atoms with Crippen molar-refractivity contribution >= 4 is 17.4 Å². The van der Waals surface area contributed by atoms with Crippen molar-refractivity contribution in [2.75, 3.05) is 6.61 Å². The molecule has 0 spiro atoms. The standard InChI is InChI=1S/C18H23N3O2S/c1-12(2)17-20-14(11-24-17)10-19-18(22)21-15-8-9-23-16(15)13-6-4-3-5-7-13/h3-7,11-12,15-16H,8-10H2,1-2H3,(H2,19,21,22)/t15-,16-/m0/s1. The number of benzene rings is 1. The van der Waals surface area contributed by atoms with Gasteiger partial charge >= 0.3 is 6.03 Å². The van der Waals surface area contributed by atoms with E-state index in [-0.39, 0.29) is 18.2 Å². The molecule has 24 heavy (non-hydrogen) atoms. The lowest BCUT2D eigenvalue weighted by molar-refractivity contribution is 0.0999. The van der Waals surface area contributed by atoms with Crippen LogP contribution in [0.2, 0.25) is 0 Å². The summed E-state index contributed by atoms with van der Waals surface area (Å²) in [5.41, 5.74) is 2.00. The molecule has 1 aromatic carbocycles. The van der Waals surface area contributed by atoms with Crippen molar-refractivity contribution in [2.24, 2.45) is 0 Å². The van der Waals surface area contributed by atoms with Gasteiger partial charge < -0.3 is 15.4 Å². The maximum Gasteiger partial charge on any atom is 0.315 e. The van der Waals surface area contributed by atoms with Gasteiger partial charge in [-0.15, -0.1) is 11.3 Å². The molecule has 5 nitrogen and oxygen atoms in total. The zero-order chi connectivity index (χ0) is 16.9. The average Bonchev–Trinajstić information content (AvgIpc) is 3.23. The summed E-state index contributed by atoms with van der Waals surface area (Å²) in [6.45, 7) is 5.34. The van der Waals surface area contributed by atoms with E-state index in [1.165, 1.54) is 0 Å². The first-order chi connectivity index (χ1) is 11.6. The molecule has 2 N–H and O–H groups in total. The van der Waals surface area contributed by atoms with Gasteiger partial charge in [0.25, 0.3) is 0 Å². The third-order valence-electron chi connectivity index (χ3n) is 4.03. The third kappa shape index (κ3) is 4.13. The second-order valence-electron chi connectivity index (χ2n) is 6.26. The second kappa shape index (κ2) is 7.77. The number of ether oxygens (including phenoxy) is 1. The molecular weight excluding hydrogens is 322 g/mol. The zero-order valence-electron chi connectivity index (χ0n) is 14.0. The molecule has 1 fully saturated rings. The number of amides is 2. The van der Waals surface area contributed by atoms with E-state index in [2.05, 4.69) is 29.5 Å². The van der Waals surface area contributed by atoms with Gasteiger partial charge in [0.1, 0.15) is 6.10 Å². The monoisotopic (exact) mass is 345 g/mol. The van der Waals surface area contributed by atoms with Crippen molar-refractivity contribution in [3.8, 4) is 0 Å². The molecule has 2 aromatic rings. The minimum absolute atomic E-state index is 0.00550. The normalized spacial score (nSPS) is 20.3. The van der Waals surface area contributed by atoms with Crippen LogP contribution < -0.4 is 10.6 Å². The van der Waals surface area contributed by atoms with E-state index < -0.39 is 0 Å². The molecule has 0 unspecified atom stereocenters. The zero-order valence-corrected chi connectivity index (χ0v) is 14.8. The lowest BCUT2D eigenvalue weighted by Crippen LogP contribution is -2.43. The minimum atomic E-state index is -0.175. The Bertz CT molecular complexity index is 672. The topological polar surface area (TPSA) is 63.2 Å². The number of carbonyl (C=O) groups is 1. The van der Waals surface area contributed by atoms with Gasteiger partial charge in [0.2, 0.25) is 0 Å². The number of urea groups is 1. The fourth-order valence-corrected chi connectivity index (χ4v) is 3.60. The van der Waals surface area contributed by atoms with Crippen LogP contribution in [0.4, 0.5) is 4.79 Å². The molecule has 2 atom stereocenters. The van der Waals surface area contributed by atoms with Crippen LogP contribution in [0, 0.1) is 0 Å². The van der Waals surface area contributed by atoms with Gasteiger partial charge in [0.15, 0.2) is 0 Å². The highest BCUT2D eigenvalue weighted by atomic mass is 32.1. The van der Waals surface area contributed by atoms with Crippen molar-refractivity contribution < 1.29 is 9.53 Å². The van der Waals surface area contributed by atoms with Crippen molar-refractivity contribution in [1.82, 2.24) is 15.6 Å². The van der Waals surface area contributed by atoms with Gasteiger partial charge in [-0.25, -0.2) is 9.78 Å². The molecule has 0 aliphatic carbocycles. The van der Waals surface area contributed by atoms with E-state index in [1.54, 1.807) is 11.3 Å². The first-order valence-electron chi connectivity index (χ1n) is 8.28. The fourth-order valence-electron chi connectivity index (χ4n) is 2.77. The Hall–Kier alpha value is -1.92. The Morgan fingerprint density at radius 2 is 2.17 bits per heavy atom. The third-order valence-corrected chi connectivity index (χ3v) is 5.22. The second-order valence-corrected chi connectivity index (χ2v) is 7.15. The Morgan fingerprint density at radius 3 is 2.88 bits per heavy atom. The lowest BCUT2D eigenvalue weighted by atomic mass is 10.0. The van der Waals surface area contributed by atoms with E-state index >= 15 is 0 Å². The summed E-state index contributed by atoms with van der Waals surface area (Å²) in [5.74, 6) is 0.417. The first kappa shape index (κ1) is 16.9. The summed E-state index contributed by atoms with van der Waals surface area (Å²) < 4.78 is 5.79. The van der Waals surface area contributed by atoms with Crippen LogP contribution in [-0.4, -0.2) is 23.7 Å². The predicted octanol–water partition coefficient (Wildman–Crippen LogP) is 3.60. The van der Waals surface area contributed by atoms with Crippen LogP contribution in [0.5, 0.6) is 0 Å². The SMILES string of the molecule is CC(C)c1nc(CNC(=O)N[C@H]2CCO[C@H]2c2ccccc2)cs1. The van der Waals surface area contributed by atoms with E-state index in [9.17, 15) is 4.79 Å². The Balaban J connectivity index is 1.52. The molecule has 0 bridgehead atoms. The van der Waals surface area contributed by atoms with Crippen molar-refractivity contribution in [3.63, 3.8) is 0 Å². The molecule has 1 aromatic heterocycles. The summed E-state index contributed by atoms with van der Waals surface area (Å²) in [4.78, 5) is 16.7. The lowest BCUT2D eigenvalue weighted by Gasteiger charge is -2.20. The number of hydrogen-bond donors (Lipinski definition) is 2. The van der Waals surface area contributed by atoms with Gasteiger partial charge in [-0.2, -0.15) is 0 Å². The summed E-state index contributed by atoms with van der Waals surface area (Å²) in [6.07, 6.45) is 0.741. The summed E-state index contributed by atoms with van der Waals surface area (Å²) >= 11 is 1.64. The summed E-state index contributed by atoms with van der Waals surface area (Å²) in [6, 6.07) is 9.84. The Morgan fingerprint density at radius 1 is 1.38 bits per heavy atom. The molecule has 1 aliphatic rings. The van der Waals surface area contributed by atoms with Crippen LogP contribution in [0.25, 0.3) is 0 Å². The van der Waals surface area contributed by atoms with Crippen molar-refractivity contribution in [2.45, 2.75) is 44.9 Å². The van der Waals surface area contributed by atoms with Crippen molar-refractivity contribution in [1.29, 1.82) is 0 Å². The highest BCUT2D eigenvalue weighted by Crippen LogP contribution is 2.28. The number of carbonyl (C=O) groups excluding carboxylic acids is 1. The smallest absolute Gasteiger partial charge is 0.315 e. The summed E-state index contributed by atoms with van der Waals surface area (Å²) in [5, 5.41) is 9.02. The fraction of sp³-hybridized carbons (Fsp3) is 0.444. The van der Waals surface area contributed by atoms with E-state index in [4.69, 9.17) is 4.74 Å². The van der Waals surface area contributed by atoms with E-state index in [0.29, 0.717) is 19.1 Å². The molecule has 1 saturated heterocycles. The highest BCUT2D eigenvalue weighted by Gasteiger charge is 2.30.